The molecule has 0 aromatic heterocycles. The van der Waals surface area contributed by atoms with E-state index in [1.807, 2.05) is 60.7 Å². The van der Waals surface area contributed by atoms with Crippen LogP contribution >= 0.6 is 15.9 Å². The Morgan fingerprint density at radius 3 is 2.48 bits per heavy atom. The number of hydrogen-bond donors (Lipinski definition) is 2. The van der Waals surface area contributed by atoms with Crippen LogP contribution in [0.5, 0.6) is 0 Å². The highest BCUT2D eigenvalue weighted by Crippen LogP contribution is 2.60. The minimum absolute atomic E-state index is 0.125. The summed E-state index contributed by atoms with van der Waals surface area (Å²) in [5, 5.41) is 12.7. The molecule has 3 aliphatic rings. The Hall–Kier alpha value is -3.80. The van der Waals surface area contributed by atoms with Gasteiger partial charge in [0.05, 0.1) is 24.0 Å². The van der Waals surface area contributed by atoms with E-state index in [-0.39, 0.29) is 55.1 Å². The Kier molecular flexibility index (Phi) is 11.5. The maximum absolute atomic E-state index is 14.6. The van der Waals surface area contributed by atoms with Crippen LogP contribution in [0.4, 0.5) is 0 Å². The second-order valence-corrected chi connectivity index (χ2v) is 13.9. The van der Waals surface area contributed by atoms with Gasteiger partial charge in [0, 0.05) is 37.5 Å². The van der Waals surface area contributed by atoms with Crippen molar-refractivity contribution in [3.63, 3.8) is 0 Å². The van der Waals surface area contributed by atoms with Crippen molar-refractivity contribution < 1.29 is 33.8 Å². The summed E-state index contributed by atoms with van der Waals surface area (Å²) in [5.41, 5.74) is 0.324. The van der Waals surface area contributed by atoms with Crippen LogP contribution in [0.15, 0.2) is 86.0 Å². The van der Waals surface area contributed by atoms with Crippen molar-refractivity contribution in [3.05, 3.63) is 97.1 Å². The van der Waals surface area contributed by atoms with E-state index in [1.54, 1.807) is 24.0 Å². The first kappa shape index (κ1) is 35.5. The van der Waals surface area contributed by atoms with Gasteiger partial charge in [0.25, 0.3) is 0 Å². The van der Waals surface area contributed by atoms with Crippen molar-refractivity contribution in [1.29, 1.82) is 0 Å². The predicted molar refractivity (Wildman–Crippen MR) is 183 cm³/mol. The molecule has 1 unspecified atom stereocenters. The van der Waals surface area contributed by atoms with Crippen molar-refractivity contribution in [2.24, 2.45) is 11.8 Å². The first-order valence-corrected chi connectivity index (χ1v) is 17.4. The van der Waals surface area contributed by atoms with Gasteiger partial charge in [-0.1, -0.05) is 88.7 Å². The summed E-state index contributed by atoms with van der Waals surface area (Å²) in [6.45, 7) is 9.80. The molecule has 3 fully saturated rings. The smallest absolute Gasteiger partial charge is 0.313 e. The topological polar surface area (TPSA) is 125 Å². The van der Waals surface area contributed by atoms with Gasteiger partial charge >= 0.3 is 5.97 Å². The monoisotopic (exact) mass is 721 g/mol. The predicted octanol–water partition coefficient (Wildman–Crippen LogP) is 4.09. The summed E-state index contributed by atoms with van der Waals surface area (Å²) in [6, 6.07) is 17.1. The molecule has 3 heterocycles. The fourth-order valence-corrected chi connectivity index (χ4v) is 8.41. The molecule has 10 nitrogen and oxygen atoms in total. The van der Waals surface area contributed by atoms with Gasteiger partial charge in [-0.05, 0) is 37.3 Å². The summed E-state index contributed by atoms with van der Waals surface area (Å²) in [4.78, 5) is 58.7. The number of aliphatic hydroxyl groups is 1. The van der Waals surface area contributed by atoms with Crippen LogP contribution in [-0.2, 0) is 35.2 Å². The second kappa shape index (κ2) is 15.6. The van der Waals surface area contributed by atoms with Crippen LogP contribution in [0.2, 0.25) is 0 Å². The Morgan fingerprint density at radius 1 is 1.15 bits per heavy atom. The number of carbonyl (C=O) groups excluding carboxylic acids is 4. The number of likely N-dealkylation sites (tertiary alicyclic amines) is 1. The number of ether oxygens (including phenoxy) is 2. The molecule has 256 valence electrons. The van der Waals surface area contributed by atoms with E-state index < -0.39 is 47.7 Å². The second-order valence-electron chi connectivity index (χ2n) is 12.7. The van der Waals surface area contributed by atoms with Crippen LogP contribution in [0.1, 0.15) is 49.8 Å². The molecule has 3 aliphatic heterocycles. The van der Waals surface area contributed by atoms with Crippen LogP contribution in [0, 0.1) is 11.8 Å². The molecule has 11 heteroatoms. The van der Waals surface area contributed by atoms with Gasteiger partial charge in [-0.25, -0.2) is 0 Å². The molecule has 1 spiro atoms. The Labute approximate surface area is 290 Å². The van der Waals surface area contributed by atoms with Gasteiger partial charge in [-0.2, -0.15) is 0 Å². The van der Waals surface area contributed by atoms with Gasteiger partial charge in [0.1, 0.15) is 17.7 Å². The molecule has 48 heavy (non-hydrogen) atoms. The van der Waals surface area contributed by atoms with Gasteiger partial charge < -0.3 is 29.7 Å². The highest BCUT2D eigenvalue weighted by atomic mass is 79.9. The molecular formula is C37H44BrN3O7. The molecule has 2 bridgehead atoms. The fourth-order valence-electron chi connectivity index (χ4n) is 7.46. The number of aliphatic hydroxyl groups excluding tert-OH is 1. The first-order chi connectivity index (χ1) is 23.2. The Morgan fingerprint density at radius 2 is 1.83 bits per heavy atom. The minimum atomic E-state index is -1.28. The lowest BCUT2D eigenvalue weighted by atomic mass is 9.70. The summed E-state index contributed by atoms with van der Waals surface area (Å²) >= 11 is 3.71. The number of nitrogens with zero attached hydrogens (tertiary/aromatic N) is 2. The molecule has 2 N–H and O–H groups in total. The standard InChI is InChI=1S/C37H44BrN3O7/c1-4-6-18-28(43)39-24(3)31(26-16-11-8-12-17-26)47-36(46)29-30-34(44)41(20-13-21-42)33(37(30)22-27(38)32(29)48-37)35(45)40(19-5-2)23-25-14-9-7-10-15-25/h4-5,7-12,14-17,24,27,29-33,42H,1-2,6,13,18-23H2,3H3,(H,39,43)/t24-,27?,29+,30-,31-,32+,33+,37-/m0/s1. The van der Waals surface area contributed by atoms with Crippen LogP contribution in [0.3, 0.4) is 0 Å². The zero-order valence-electron chi connectivity index (χ0n) is 27.2. The number of nitrogens with one attached hydrogen (secondary N) is 1. The molecule has 3 amide bonds. The zero-order valence-corrected chi connectivity index (χ0v) is 28.8. The molecular weight excluding hydrogens is 678 g/mol. The highest BCUT2D eigenvalue weighted by molar-refractivity contribution is 9.09. The van der Waals surface area contributed by atoms with E-state index in [4.69, 9.17) is 9.47 Å². The Bertz CT molecular complexity index is 1490. The Balaban J connectivity index is 1.47. The molecule has 0 radical (unpaired) electrons. The first-order valence-electron chi connectivity index (χ1n) is 16.5. The SMILES string of the molecule is C=CCCC(=O)N[C@@H](C)[C@H](OC(=O)[C@H]1[C@@H]2O[C@@]3(CC2Br)[C@@H]1C(=O)N(CCCO)[C@@H]3C(=O)N(CC=C)Cc1ccccc1)c1ccccc1. The van der Waals surface area contributed by atoms with Crippen LogP contribution < -0.4 is 5.32 Å². The lowest BCUT2D eigenvalue weighted by molar-refractivity contribution is -0.162. The number of alkyl halides is 1. The summed E-state index contributed by atoms with van der Waals surface area (Å²) in [7, 11) is 0. The number of fused-ring (bicyclic) bond motifs is 1. The van der Waals surface area contributed by atoms with Gasteiger partial charge in [-0.15, -0.1) is 13.2 Å². The number of halogens is 1. The molecule has 0 aliphatic carbocycles. The van der Waals surface area contributed by atoms with Crippen molar-refractivity contribution >= 4 is 39.6 Å². The average molecular weight is 723 g/mol. The van der Waals surface area contributed by atoms with E-state index >= 15 is 0 Å². The lowest BCUT2D eigenvalue weighted by Gasteiger charge is -2.37. The van der Waals surface area contributed by atoms with Gasteiger partial charge in [-0.3, -0.25) is 19.2 Å². The van der Waals surface area contributed by atoms with Crippen molar-refractivity contribution in [3.8, 4) is 0 Å². The number of hydrogen-bond acceptors (Lipinski definition) is 7. The lowest BCUT2D eigenvalue weighted by Crippen LogP contribution is -2.56. The largest absolute Gasteiger partial charge is 0.455 e. The number of rotatable bonds is 16. The highest BCUT2D eigenvalue weighted by Gasteiger charge is 2.77. The summed E-state index contributed by atoms with van der Waals surface area (Å²) in [6.07, 6.45) is 3.12. The van der Waals surface area contributed by atoms with Crippen molar-refractivity contribution in [2.75, 3.05) is 19.7 Å². The normalized spacial score (nSPS) is 26.8. The van der Waals surface area contributed by atoms with E-state index in [1.165, 1.54) is 4.90 Å². The fraction of sp³-hybridized carbons (Fsp3) is 0.459. The maximum Gasteiger partial charge on any atom is 0.313 e. The van der Waals surface area contributed by atoms with Crippen LogP contribution in [0.25, 0.3) is 0 Å². The van der Waals surface area contributed by atoms with E-state index in [2.05, 4.69) is 34.4 Å². The third-order valence-electron chi connectivity index (χ3n) is 9.52. The third-order valence-corrected chi connectivity index (χ3v) is 10.4. The average Bonchev–Trinajstić information content (AvgIpc) is 3.68. The third kappa shape index (κ3) is 6.99. The van der Waals surface area contributed by atoms with Crippen LogP contribution in [-0.4, -0.2) is 86.9 Å². The number of esters is 1. The minimum Gasteiger partial charge on any atom is -0.455 e. The number of allylic oxidation sites excluding steroid dienone is 1. The molecule has 2 aromatic rings. The van der Waals surface area contributed by atoms with E-state index in [9.17, 15) is 24.3 Å². The maximum atomic E-state index is 14.6. The van der Waals surface area contributed by atoms with Gasteiger partial charge in [0.15, 0.2) is 0 Å². The molecule has 8 atom stereocenters. The number of benzene rings is 2. The van der Waals surface area contributed by atoms with Crippen molar-refractivity contribution in [1.82, 2.24) is 15.1 Å². The van der Waals surface area contributed by atoms with Gasteiger partial charge in [0.2, 0.25) is 17.7 Å². The molecule has 5 rings (SSSR count). The molecule has 2 aromatic carbocycles. The molecule has 0 saturated carbocycles. The van der Waals surface area contributed by atoms with E-state index in [0.29, 0.717) is 24.9 Å². The zero-order chi connectivity index (χ0) is 34.4. The summed E-state index contributed by atoms with van der Waals surface area (Å²) < 4.78 is 12.9. The molecule has 3 saturated heterocycles. The summed E-state index contributed by atoms with van der Waals surface area (Å²) in [5.74, 6) is -3.47. The quantitative estimate of drug-likeness (QED) is 0.152. The number of amides is 3. The van der Waals surface area contributed by atoms with E-state index in [0.717, 1.165) is 5.56 Å². The number of carbonyl (C=O) groups is 4. The van der Waals surface area contributed by atoms with Crippen molar-refractivity contribution in [2.45, 2.75) is 73.9 Å².